The first kappa shape index (κ1) is 28.5. The van der Waals surface area contributed by atoms with Crippen molar-refractivity contribution in [1.82, 2.24) is 4.90 Å². The fraction of sp³-hybridized carbons (Fsp3) is 0.429. The van der Waals surface area contributed by atoms with E-state index in [2.05, 4.69) is 86.7 Å². The molecule has 0 aromatic heterocycles. The molecule has 1 radical (unpaired) electrons. The fourth-order valence-electron chi connectivity index (χ4n) is 3.04. The zero-order chi connectivity index (χ0) is 17.5. The number of hydrogen-bond donors (Lipinski definition) is 2. The van der Waals surface area contributed by atoms with Crippen molar-refractivity contribution in [3.63, 3.8) is 0 Å². The van der Waals surface area contributed by atoms with Gasteiger partial charge in [0.1, 0.15) is 0 Å². The van der Waals surface area contributed by atoms with E-state index in [-0.39, 0.29) is 47.2 Å². The summed E-state index contributed by atoms with van der Waals surface area (Å²) in [6, 6.07) is 12.9. The first-order valence-electron chi connectivity index (χ1n) is 8.77. The van der Waals surface area contributed by atoms with Crippen LogP contribution in [0.5, 0.6) is 0 Å². The molecule has 0 bridgehead atoms. The molecule has 6 heteroatoms. The van der Waals surface area contributed by atoms with E-state index in [9.17, 15) is 0 Å². The first-order chi connectivity index (χ1) is 11.5. The number of nitrogens with zero attached hydrogens (tertiary/aromatic N) is 1. The number of aryl methyl sites for hydroxylation is 4. The van der Waals surface area contributed by atoms with Gasteiger partial charge in [-0.2, -0.15) is 0 Å². The van der Waals surface area contributed by atoms with Crippen LogP contribution in [0.4, 0.5) is 11.4 Å². The summed E-state index contributed by atoms with van der Waals surface area (Å²) in [6.07, 6.45) is 0. The Balaban J connectivity index is 0. The second-order valence-electron chi connectivity index (χ2n) is 6.69. The van der Waals surface area contributed by atoms with Gasteiger partial charge in [0.05, 0.1) is 0 Å². The van der Waals surface area contributed by atoms with Crippen LogP contribution in [0.2, 0.25) is 0 Å². The molecular weight excluding hydrogens is 473 g/mol. The van der Waals surface area contributed by atoms with E-state index in [0.717, 1.165) is 26.2 Å². The molecule has 0 aliphatic carbocycles. The topological polar surface area (TPSA) is 27.3 Å². The monoisotopic (exact) mass is 502 g/mol. The number of halogens is 2. The van der Waals surface area contributed by atoms with Crippen LogP contribution in [-0.2, 0) is 22.4 Å². The van der Waals surface area contributed by atoms with Crippen molar-refractivity contribution in [2.45, 2.75) is 27.7 Å². The Morgan fingerprint density at radius 2 is 0.963 bits per heavy atom. The number of anilines is 2. The van der Waals surface area contributed by atoms with E-state index >= 15 is 0 Å². The van der Waals surface area contributed by atoms with Crippen molar-refractivity contribution < 1.29 is 47.2 Å². The molecule has 0 unspecified atom stereocenters. The standard InChI is InChI=1S/C21H31N3.Ag.2ClH/c1-16-8-6-9-17(2)20(16)22-12-14-24(5)15-13-23-21-18(3)10-7-11-19(21)4;;;/h6-11,22-23H,12-15H2,1-5H3;;2*1H/q;+2;;/p-2. The molecule has 0 atom stereocenters. The minimum atomic E-state index is 0. The molecule has 2 aromatic carbocycles. The summed E-state index contributed by atoms with van der Waals surface area (Å²) in [6.45, 7) is 12.6. The molecule has 0 amide bonds. The minimum Gasteiger partial charge on any atom is -1.00 e. The van der Waals surface area contributed by atoms with Crippen LogP contribution in [0, 0.1) is 27.7 Å². The van der Waals surface area contributed by atoms with Gasteiger partial charge >= 0.3 is 22.4 Å². The maximum absolute atomic E-state index is 3.58. The Kier molecular flexibility index (Phi) is 15.1. The number of rotatable bonds is 8. The summed E-state index contributed by atoms with van der Waals surface area (Å²) in [5.74, 6) is 0. The van der Waals surface area contributed by atoms with Gasteiger partial charge in [0.25, 0.3) is 0 Å². The molecule has 0 saturated carbocycles. The Labute approximate surface area is 193 Å². The van der Waals surface area contributed by atoms with Crippen molar-refractivity contribution in [2.75, 3.05) is 43.9 Å². The molecule has 2 rings (SSSR count). The zero-order valence-corrected chi connectivity index (χ0v) is 19.8. The SMILES string of the molecule is Cc1cccc(C)c1NCCN(C)CCNc1c(C)cccc1C.[Ag+2].[Cl-].[Cl-]. The van der Waals surface area contributed by atoms with Gasteiger partial charge in [-0.1, -0.05) is 36.4 Å². The number of likely N-dealkylation sites (N-methyl/N-ethyl adjacent to an activating group) is 1. The summed E-state index contributed by atoms with van der Waals surface area (Å²) in [5, 5.41) is 7.15. The Morgan fingerprint density at radius 1 is 0.667 bits per heavy atom. The molecule has 2 N–H and O–H groups in total. The Bertz CT molecular complexity index is 582. The van der Waals surface area contributed by atoms with Gasteiger partial charge in [0.2, 0.25) is 0 Å². The third kappa shape index (κ3) is 8.91. The number of benzene rings is 2. The predicted molar refractivity (Wildman–Crippen MR) is 106 cm³/mol. The van der Waals surface area contributed by atoms with Crippen molar-refractivity contribution >= 4 is 11.4 Å². The summed E-state index contributed by atoms with van der Waals surface area (Å²) >= 11 is 0. The minimum absolute atomic E-state index is 0. The fourth-order valence-corrected chi connectivity index (χ4v) is 3.04. The van der Waals surface area contributed by atoms with Crippen molar-refractivity contribution in [3.8, 4) is 0 Å². The summed E-state index contributed by atoms with van der Waals surface area (Å²) in [5.41, 5.74) is 7.81. The first-order valence-corrected chi connectivity index (χ1v) is 8.77. The van der Waals surface area contributed by atoms with Crippen LogP contribution in [-0.4, -0.2) is 38.1 Å². The van der Waals surface area contributed by atoms with Gasteiger partial charge in [0, 0.05) is 37.6 Å². The van der Waals surface area contributed by atoms with E-state index in [1.807, 2.05) is 0 Å². The molecular formula is C21H31AgCl2N3. The molecule has 3 nitrogen and oxygen atoms in total. The normalized spacial score (nSPS) is 9.70. The maximum Gasteiger partial charge on any atom is 2.00 e. The van der Waals surface area contributed by atoms with Gasteiger partial charge < -0.3 is 40.3 Å². The molecule has 2 aromatic rings. The van der Waals surface area contributed by atoms with Crippen LogP contribution in [0.15, 0.2) is 36.4 Å². The number of hydrogen-bond acceptors (Lipinski definition) is 3. The summed E-state index contributed by atoms with van der Waals surface area (Å²) in [7, 11) is 2.18. The molecule has 0 aliphatic heterocycles. The number of para-hydroxylation sites is 2. The van der Waals surface area contributed by atoms with E-state index < -0.39 is 0 Å². The van der Waals surface area contributed by atoms with Gasteiger partial charge in [-0.05, 0) is 57.0 Å². The zero-order valence-electron chi connectivity index (χ0n) is 16.8. The molecule has 155 valence electrons. The number of nitrogens with one attached hydrogen (secondary N) is 2. The third-order valence-electron chi connectivity index (χ3n) is 4.55. The second kappa shape index (κ2) is 14.3. The molecule has 0 aliphatic rings. The van der Waals surface area contributed by atoms with Gasteiger partial charge in [-0.25, -0.2) is 0 Å². The van der Waals surface area contributed by atoms with Crippen molar-refractivity contribution in [1.29, 1.82) is 0 Å². The Hall–Kier alpha value is -0.680. The van der Waals surface area contributed by atoms with Gasteiger partial charge in [0.15, 0.2) is 0 Å². The van der Waals surface area contributed by atoms with Crippen LogP contribution >= 0.6 is 0 Å². The van der Waals surface area contributed by atoms with Gasteiger partial charge in [-0.3, -0.25) is 0 Å². The van der Waals surface area contributed by atoms with E-state index in [0.29, 0.717) is 0 Å². The Morgan fingerprint density at radius 3 is 1.26 bits per heavy atom. The van der Waals surface area contributed by atoms with Crippen molar-refractivity contribution in [3.05, 3.63) is 58.7 Å². The van der Waals surface area contributed by atoms with Crippen LogP contribution in [0.1, 0.15) is 22.3 Å². The predicted octanol–water partition coefficient (Wildman–Crippen LogP) is -1.62. The van der Waals surface area contributed by atoms with E-state index in [1.165, 1.54) is 33.6 Å². The quantitative estimate of drug-likeness (QED) is 0.424. The average molecular weight is 504 g/mol. The molecule has 27 heavy (non-hydrogen) atoms. The maximum atomic E-state index is 3.58. The van der Waals surface area contributed by atoms with E-state index in [1.54, 1.807) is 0 Å². The third-order valence-corrected chi connectivity index (χ3v) is 4.55. The second-order valence-corrected chi connectivity index (χ2v) is 6.69. The molecule has 0 fully saturated rings. The summed E-state index contributed by atoms with van der Waals surface area (Å²) < 4.78 is 0. The summed E-state index contributed by atoms with van der Waals surface area (Å²) in [4.78, 5) is 2.36. The van der Waals surface area contributed by atoms with Crippen LogP contribution in [0.25, 0.3) is 0 Å². The molecule has 0 spiro atoms. The van der Waals surface area contributed by atoms with Crippen LogP contribution in [0.3, 0.4) is 0 Å². The smallest absolute Gasteiger partial charge is 1.00 e. The molecule has 0 heterocycles. The van der Waals surface area contributed by atoms with E-state index in [4.69, 9.17) is 0 Å². The van der Waals surface area contributed by atoms with Crippen molar-refractivity contribution in [2.24, 2.45) is 0 Å². The molecule has 0 saturated heterocycles. The largest absolute Gasteiger partial charge is 2.00 e. The average Bonchev–Trinajstić information content (AvgIpc) is 2.53. The van der Waals surface area contributed by atoms with Crippen LogP contribution < -0.4 is 35.4 Å². The van der Waals surface area contributed by atoms with Gasteiger partial charge in [-0.15, -0.1) is 0 Å².